The normalized spacial score (nSPS) is 13.2. The summed E-state index contributed by atoms with van der Waals surface area (Å²) in [5.41, 5.74) is 0.621. The molecule has 39 heavy (non-hydrogen) atoms. The molecule has 212 valence electrons. The Labute approximate surface area is 225 Å². The summed E-state index contributed by atoms with van der Waals surface area (Å²) < 4.78 is 31.3. The number of ether oxygens (including phenoxy) is 6. The fourth-order valence-corrected chi connectivity index (χ4v) is 3.20. The van der Waals surface area contributed by atoms with Gasteiger partial charge in [-0.15, -0.1) is 6.42 Å². The van der Waals surface area contributed by atoms with Crippen LogP contribution in [-0.2, 0) is 52.5 Å². The first-order valence-corrected chi connectivity index (χ1v) is 11.6. The molecule has 0 saturated heterocycles. The number of carbonyl (C=O) groups excluding carboxylic acids is 6. The van der Waals surface area contributed by atoms with E-state index in [2.05, 4.69) is 11.2 Å². The van der Waals surface area contributed by atoms with Gasteiger partial charge in [-0.3, -0.25) is 28.8 Å². The van der Waals surface area contributed by atoms with E-state index in [1.54, 1.807) is 24.3 Å². The highest BCUT2D eigenvalue weighted by Crippen LogP contribution is 2.20. The minimum absolute atomic E-state index is 0.364. The number of amides is 1. The molecule has 13 heteroatoms. The molecule has 1 amide bonds. The number of carbonyl (C=O) groups is 6. The summed E-state index contributed by atoms with van der Waals surface area (Å²) in [6.07, 6.45) is -0.820. The van der Waals surface area contributed by atoms with Crippen molar-refractivity contribution in [2.75, 3.05) is 19.8 Å². The molecular formula is C26H31NO12. The van der Waals surface area contributed by atoms with Gasteiger partial charge in [0.25, 0.3) is 5.91 Å². The van der Waals surface area contributed by atoms with Gasteiger partial charge in [0, 0.05) is 40.2 Å². The van der Waals surface area contributed by atoms with Crippen LogP contribution >= 0.6 is 0 Å². The van der Waals surface area contributed by atoms with Crippen LogP contribution in [0.3, 0.4) is 0 Å². The zero-order chi connectivity index (χ0) is 29.5. The average Bonchev–Trinajstić information content (AvgIpc) is 2.84. The van der Waals surface area contributed by atoms with E-state index in [0.29, 0.717) is 11.3 Å². The van der Waals surface area contributed by atoms with Crippen LogP contribution in [0.1, 0.15) is 40.2 Å². The predicted octanol–water partition coefficient (Wildman–Crippen LogP) is 0.453. The first-order valence-electron chi connectivity index (χ1n) is 11.6. The second-order valence-electron chi connectivity index (χ2n) is 8.01. The minimum atomic E-state index is -1.61. The molecule has 4 atom stereocenters. The number of rotatable bonds is 14. The third-order valence-corrected chi connectivity index (χ3v) is 4.64. The molecule has 1 N–H and O–H groups in total. The van der Waals surface area contributed by atoms with E-state index in [4.69, 9.17) is 34.8 Å². The highest BCUT2D eigenvalue weighted by atomic mass is 16.6. The van der Waals surface area contributed by atoms with Gasteiger partial charge in [0.1, 0.15) is 12.4 Å². The van der Waals surface area contributed by atoms with Crippen LogP contribution in [0.25, 0.3) is 0 Å². The number of terminal acetylenes is 1. The van der Waals surface area contributed by atoms with Crippen molar-refractivity contribution in [1.29, 1.82) is 0 Å². The third-order valence-electron chi connectivity index (χ3n) is 4.64. The highest BCUT2D eigenvalue weighted by Gasteiger charge is 2.44. The van der Waals surface area contributed by atoms with Crippen molar-refractivity contribution < 1.29 is 57.2 Å². The average molecular weight is 550 g/mol. The Bertz CT molecular complexity index is 1080. The molecule has 0 saturated carbocycles. The number of benzene rings is 1. The molecule has 1 aromatic carbocycles. The molecule has 0 fully saturated rings. The maximum atomic E-state index is 12.5. The molecule has 0 aromatic heterocycles. The Morgan fingerprint density at radius 3 is 1.69 bits per heavy atom. The second-order valence-corrected chi connectivity index (χ2v) is 8.01. The van der Waals surface area contributed by atoms with E-state index >= 15 is 0 Å². The Hall–Kier alpha value is -4.60. The molecule has 1 aromatic rings. The second kappa shape index (κ2) is 16.3. The fourth-order valence-electron chi connectivity index (χ4n) is 3.20. The molecular weight excluding hydrogens is 518 g/mol. The van der Waals surface area contributed by atoms with Crippen LogP contribution in [0.15, 0.2) is 24.3 Å². The summed E-state index contributed by atoms with van der Waals surface area (Å²) in [7, 11) is 0. The Morgan fingerprint density at radius 2 is 1.23 bits per heavy atom. The molecule has 0 aliphatic rings. The summed E-state index contributed by atoms with van der Waals surface area (Å²) >= 11 is 0. The predicted molar refractivity (Wildman–Crippen MR) is 132 cm³/mol. The highest BCUT2D eigenvalue weighted by molar-refractivity contribution is 5.77. The van der Waals surface area contributed by atoms with E-state index in [1.165, 1.54) is 0 Å². The van der Waals surface area contributed by atoms with Gasteiger partial charge >= 0.3 is 29.8 Å². The van der Waals surface area contributed by atoms with E-state index in [1.807, 2.05) is 0 Å². The topological polar surface area (TPSA) is 170 Å². The number of hydrogen-bond donors (Lipinski definition) is 1. The summed E-state index contributed by atoms with van der Waals surface area (Å²) in [4.78, 5) is 71.4. The molecule has 0 aliphatic heterocycles. The quantitative estimate of drug-likeness (QED) is 0.193. The van der Waals surface area contributed by atoms with Gasteiger partial charge in [-0.05, 0) is 24.3 Å². The Morgan fingerprint density at radius 1 is 0.744 bits per heavy atom. The van der Waals surface area contributed by atoms with Gasteiger partial charge in [-0.25, -0.2) is 0 Å². The van der Waals surface area contributed by atoms with Gasteiger partial charge in [0.15, 0.2) is 31.0 Å². The third kappa shape index (κ3) is 13.0. The minimum Gasteiger partial charge on any atom is -0.484 e. The Balaban J connectivity index is 3.19. The van der Waals surface area contributed by atoms with Gasteiger partial charge in [0.05, 0.1) is 6.54 Å². The molecule has 1 rings (SSSR count). The van der Waals surface area contributed by atoms with Gasteiger partial charge in [-0.2, -0.15) is 0 Å². The largest absolute Gasteiger partial charge is 0.484 e. The molecule has 0 bridgehead atoms. The van der Waals surface area contributed by atoms with E-state index in [0.717, 1.165) is 34.6 Å². The first-order chi connectivity index (χ1) is 18.3. The smallest absolute Gasteiger partial charge is 0.303 e. The first kappa shape index (κ1) is 32.4. The van der Waals surface area contributed by atoms with E-state index < -0.39 is 79.9 Å². The number of nitrogens with one attached hydrogen (secondary N) is 1. The molecule has 0 unspecified atom stereocenters. The molecule has 0 radical (unpaired) electrons. The summed E-state index contributed by atoms with van der Waals surface area (Å²) in [5.74, 6) is -2.00. The number of hydrogen-bond acceptors (Lipinski definition) is 12. The van der Waals surface area contributed by atoms with Crippen molar-refractivity contribution in [3.05, 3.63) is 29.8 Å². The lowest BCUT2D eigenvalue weighted by Crippen LogP contribution is -2.55. The van der Waals surface area contributed by atoms with Crippen LogP contribution in [0.5, 0.6) is 5.75 Å². The summed E-state index contributed by atoms with van der Waals surface area (Å²) in [6.45, 7) is 3.82. The van der Waals surface area contributed by atoms with E-state index in [9.17, 15) is 28.8 Å². The molecule has 13 nitrogen and oxygen atoms in total. The fraction of sp³-hybridized carbons (Fsp3) is 0.462. The van der Waals surface area contributed by atoms with Crippen molar-refractivity contribution >= 4 is 35.8 Å². The molecule has 0 spiro atoms. The lowest BCUT2D eigenvalue weighted by molar-refractivity contribution is -0.202. The number of esters is 5. The molecule has 0 heterocycles. The van der Waals surface area contributed by atoms with Gasteiger partial charge in [-0.1, -0.05) is 5.92 Å². The van der Waals surface area contributed by atoms with Crippen LogP contribution < -0.4 is 10.1 Å². The monoisotopic (exact) mass is 549 g/mol. The lowest BCUT2D eigenvalue weighted by atomic mass is 10.0. The zero-order valence-corrected chi connectivity index (χ0v) is 22.2. The maximum Gasteiger partial charge on any atom is 0.303 e. The van der Waals surface area contributed by atoms with Gasteiger partial charge < -0.3 is 33.7 Å². The van der Waals surface area contributed by atoms with Crippen molar-refractivity contribution in [3.8, 4) is 18.1 Å². The summed E-state index contributed by atoms with van der Waals surface area (Å²) in [5, 5.41) is 2.47. The SMILES string of the molecule is C#Cc1ccc(OCC(=O)NC[C@@H](OC(C)=O)[C@H](OC(C)=O)[C@@H](OC(C)=O)[C@H](COC(C)=O)OC(C)=O)cc1. The van der Waals surface area contributed by atoms with Crippen LogP contribution in [0.4, 0.5) is 0 Å². The van der Waals surface area contributed by atoms with E-state index in [-0.39, 0.29) is 0 Å². The zero-order valence-electron chi connectivity index (χ0n) is 22.2. The van der Waals surface area contributed by atoms with Crippen molar-refractivity contribution in [2.24, 2.45) is 0 Å². The molecule has 0 aliphatic carbocycles. The van der Waals surface area contributed by atoms with Crippen molar-refractivity contribution in [1.82, 2.24) is 5.32 Å². The van der Waals surface area contributed by atoms with Crippen molar-refractivity contribution in [3.63, 3.8) is 0 Å². The summed E-state index contributed by atoms with van der Waals surface area (Å²) in [6, 6.07) is 6.39. The lowest BCUT2D eigenvalue weighted by Gasteiger charge is -2.35. The van der Waals surface area contributed by atoms with Crippen molar-refractivity contribution in [2.45, 2.75) is 59.0 Å². The van der Waals surface area contributed by atoms with Gasteiger partial charge in [0.2, 0.25) is 0 Å². The standard InChI is InChI=1S/C26H31NO12/c1-7-20-8-10-21(11-9-20)35-14-24(33)27-12-22(36-16(3)29)25(38-18(5)31)26(39-19(6)32)23(37-17(4)30)13-34-15(2)28/h1,8-11,22-23,25-26H,12-14H2,2-6H3,(H,27,33)/t22-,23+,25+,26+/m1/s1. The Kier molecular flexibility index (Phi) is 13.5. The van der Waals surface area contributed by atoms with Crippen LogP contribution in [0.2, 0.25) is 0 Å². The maximum absolute atomic E-state index is 12.5. The van der Waals surface area contributed by atoms with Crippen LogP contribution in [0, 0.1) is 12.3 Å². The van der Waals surface area contributed by atoms with Crippen LogP contribution in [-0.4, -0.2) is 79.9 Å².